The van der Waals surface area contributed by atoms with Crippen LogP contribution in [0.2, 0.25) is 0 Å². The molecule has 5 amide bonds. The van der Waals surface area contributed by atoms with Crippen LogP contribution in [0.1, 0.15) is 70.1 Å². The van der Waals surface area contributed by atoms with E-state index in [9.17, 15) is 50.0 Å². The van der Waals surface area contributed by atoms with Crippen molar-refractivity contribution in [1.29, 1.82) is 0 Å². The highest BCUT2D eigenvalue weighted by Crippen LogP contribution is 2.44. The Labute approximate surface area is 362 Å². The maximum absolute atomic E-state index is 14.6. The van der Waals surface area contributed by atoms with Crippen LogP contribution in [0.25, 0.3) is 0 Å². The molecule has 0 aromatic heterocycles. The first-order valence-electron chi connectivity index (χ1n) is 20.7. The van der Waals surface area contributed by atoms with Gasteiger partial charge in [0.1, 0.15) is 29.5 Å². The highest BCUT2D eigenvalue weighted by Gasteiger charge is 2.59. The van der Waals surface area contributed by atoms with Crippen LogP contribution in [0, 0.1) is 11.2 Å². The molecule has 2 saturated carbocycles. The summed E-state index contributed by atoms with van der Waals surface area (Å²) in [5.74, 6) is -4.04. The predicted octanol–water partition coefficient (Wildman–Crippen LogP) is 3.88. The van der Waals surface area contributed by atoms with Crippen LogP contribution in [-0.4, -0.2) is 121 Å². The minimum Gasteiger partial charge on any atom is -0.444 e. The largest absolute Gasteiger partial charge is 0.444 e. The highest BCUT2D eigenvalue weighted by atomic mass is 32.2. The molecule has 4 fully saturated rings. The van der Waals surface area contributed by atoms with E-state index in [0.717, 1.165) is 22.1 Å². The fraction of sp³-hybridized carbons (Fsp3) is 0.548. The smallest absolute Gasteiger partial charge is 0.416 e. The molecule has 3 aliphatic heterocycles. The normalized spacial score (nSPS) is 23.8. The fourth-order valence-electron chi connectivity index (χ4n) is 8.14. The van der Waals surface area contributed by atoms with Gasteiger partial charge in [0.2, 0.25) is 27.7 Å². The maximum atomic E-state index is 14.6. The molecular formula is C42H51F4N7O9S. The minimum atomic E-state index is -4.90. The molecule has 4 atom stereocenters. The maximum Gasteiger partial charge on any atom is 0.416 e. The van der Waals surface area contributed by atoms with Gasteiger partial charge >= 0.3 is 12.3 Å². The number of carbonyl (C=O) groups excluding carboxylic acids is 5. The van der Waals surface area contributed by atoms with Gasteiger partial charge in [-0.1, -0.05) is 32.9 Å². The summed E-state index contributed by atoms with van der Waals surface area (Å²) in [5, 5.41) is 7.55. The van der Waals surface area contributed by atoms with Crippen molar-refractivity contribution in [2.75, 3.05) is 50.0 Å². The van der Waals surface area contributed by atoms with Crippen LogP contribution in [-0.2, 0) is 57.9 Å². The standard InChI is InChI=1S/C42H51F4N7O9S/c1-5-26-19-41(26,38(57)50-63(59,60)32-8-9-32)49-36(55)33-18-31(22-53(33)37(56)35(40(2,3)4)48-30-16-27(42(44,45)46)15-28(43)17-30)62-39(58)52-20-24-6-7-29(14-25(24)21-52)47-34(54)23-51-10-12-61-13-11-51/h5-7,14-17,31-33,35,48H,8-13,18-23H2,1-4H3,(H,47,54)(H,49,55)(H,50,57)/b26-5+/t31-,33+,35-,41-/m1/s1. The van der Waals surface area contributed by atoms with Gasteiger partial charge in [-0.15, -0.1) is 0 Å². The number of hydrogen-bond acceptors (Lipinski definition) is 11. The molecule has 7 rings (SSSR count). The van der Waals surface area contributed by atoms with Crippen LogP contribution in [0.15, 0.2) is 48.0 Å². The fourth-order valence-corrected chi connectivity index (χ4v) is 9.50. The van der Waals surface area contributed by atoms with Gasteiger partial charge in [0, 0.05) is 50.4 Å². The van der Waals surface area contributed by atoms with E-state index in [2.05, 4.69) is 20.7 Å². The number of carbonyl (C=O) groups is 5. The number of anilines is 2. The summed E-state index contributed by atoms with van der Waals surface area (Å²) in [4.78, 5) is 73.5. The van der Waals surface area contributed by atoms with Crippen molar-refractivity contribution in [2.45, 2.75) is 102 Å². The van der Waals surface area contributed by atoms with E-state index in [-0.39, 0.29) is 50.6 Å². The zero-order valence-corrected chi connectivity index (χ0v) is 36.1. The topological polar surface area (TPSA) is 196 Å². The molecule has 0 spiro atoms. The van der Waals surface area contributed by atoms with Crippen molar-refractivity contribution in [3.8, 4) is 0 Å². The molecule has 0 unspecified atom stereocenters. The highest BCUT2D eigenvalue weighted by molar-refractivity contribution is 7.91. The van der Waals surface area contributed by atoms with E-state index in [4.69, 9.17) is 9.47 Å². The number of morpholine rings is 1. The molecule has 4 N–H and O–H groups in total. The number of alkyl halides is 3. The van der Waals surface area contributed by atoms with Crippen molar-refractivity contribution < 1.29 is 59.4 Å². The SMILES string of the molecule is C/C=C1\C[C@]1(NC(=O)[C@@H]1C[C@@H](OC(=O)N2Cc3ccc(NC(=O)CN4CCOCC4)cc3C2)CN1C(=O)[C@@H](Nc1cc(F)cc(C(F)(F)F)c1)C(C)(C)C)C(=O)NS(=O)(=O)C1CC1. The zero-order valence-electron chi connectivity index (χ0n) is 35.3. The third-order valence-electron chi connectivity index (χ3n) is 11.9. The second kappa shape index (κ2) is 17.4. The molecule has 2 aromatic carbocycles. The molecule has 2 saturated heterocycles. The first kappa shape index (κ1) is 45.7. The Morgan fingerprint density at radius 2 is 1.68 bits per heavy atom. The number of nitrogens with zero attached hydrogens (tertiary/aromatic N) is 3. The molecule has 21 heteroatoms. The molecule has 5 aliphatic rings. The second-order valence-corrected chi connectivity index (χ2v) is 19.7. The van der Waals surface area contributed by atoms with Crippen LogP contribution >= 0.6 is 0 Å². The number of benzene rings is 2. The summed E-state index contributed by atoms with van der Waals surface area (Å²) >= 11 is 0. The minimum absolute atomic E-state index is 0.0115. The average Bonchev–Trinajstić information content (AvgIpc) is 4.10. The molecule has 16 nitrogen and oxygen atoms in total. The Morgan fingerprint density at radius 3 is 2.32 bits per heavy atom. The Balaban J connectivity index is 1.09. The van der Waals surface area contributed by atoms with Crippen LogP contribution in [0.3, 0.4) is 0 Å². The molecule has 0 bridgehead atoms. The Kier molecular flexibility index (Phi) is 12.6. The van der Waals surface area contributed by atoms with Gasteiger partial charge in [0.25, 0.3) is 5.91 Å². The summed E-state index contributed by atoms with van der Waals surface area (Å²) in [6.07, 6.45) is -4.71. The number of halogens is 4. The predicted molar refractivity (Wildman–Crippen MR) is 220 cm³/mol. The molecular weight excluding hydrogens is 855 g/mol. The number of amides is 5. The number of rotatable bonds is 12. The van der Waals surface area contributed by atoms with Crippen LogP contribution < -0.4 is 20.7 Å². The molecule has 2 aliphatic carbocycles. The van der Waals surface area contributed by atoms with Crippen LogP contribution in [0.5, 0.6) is 0 Å². The first-order valence-corrected chi connectivity index (χ1v) is 22.3. The number of nitrogens with one attached hydrogen (secondary N) is 4. The van der Waals surface area contributed by atoms with E-state index < -0.39 is 85.8 Å². The van der Waals surface area contributed by atoms with Crippen molar-refractivity contribution in [1.82, 2.24) is 24.7 Å². The number of allylic oxidation sites excluding steroid dienone is 1. The quantitative estimate of drug-likeness (QED) is 0.178. The van der Waals surface area contributed by atoms with E-state index in [1.165, 1.54) is 4.90 Å². The first-order chi connectivity index (χ1) is 29.6. The van der Waals surface area contributed by atoms with Crippen molar-refractivity contribution in [2.24, 2.45) is 5.41 Å². The second-order valence-electron chi connectivity index (χ2n) is 17.8. The lowest BCUT2D eigenvalue weighted by molar-refractivity contribution is -0.141. The summed E-state index contributed by atoms with van der Waals surface area (Å²) in [6, 6.07) is 4.30. The summed E-state index contributed by atoms with van der Waals surface area (Å²) in [6.45, 7) is 8.97. The molecule has 3 heterocycles. The van der Waals surface area contributed by atoms with Crippen molar-refractivity contribution >= 4 is 51.1 Å². The lowest BCUT2D eigenvalue weighted by atomic mass is 9.85. The van der Waals surface area contributed by atoms with Crippen molar-refractivity contribution in [3.05, 3.63) is 70.6 Å². The molecule has 2 aromatic rings. The summed E-state index contributed by atoms with van der Waals surface area (Å²) in [7, 11) is -4.01. The van der Waals surface area contributed by atoms with Gasteiger partial charge in [0.15, 0.2) is 0 Å². The lowest BCUT2D eigenvalue weighted by Gasteiger charge is -2.36. The van der Waals surface area contributed by atoms with Gasteiger partial charge in [0.05, 0.1) is 37.1 Å². The summed E-state index contributed by atoms with van der Waals surface area (Å²) < 4.78 is 94.4. The average molecular weight is 906 g/mol. The Morgan fingerprint density at radius 1 is 0.984 bits per heavy atom. The number of ether oxygens (including phenoxy) is 2. The van der Waals surface area contributed by atoms with E-state index in [0.29, 0.717) is 62.5 Å². The number of fused-ring (bicyclic) bond motifs is 1. The Hall–Kier alpha value is -5.28. The number of hydrogen-bond donors (Lipinski definition) is 4. The number of sulfonamides is 1. The van der Waals surface area contributed by atoms with Gasteiger partial charge in [-0.3, -0.25) is 33.7 Å². The van der Waals surface area contributed by atoms with Gasteiger partial charge in [-0.2, -0.15) is 13.2 Å². The van der Waals surface area contributed by atoms with E-state index in [1.807, 2.05) is 4.90 Å². The third-order valence-corrected chi connectivity index (χ3v) is 13.7. The Bertz CT molecular complexity index is 2310. The number of likely N-dealkylation sites (tertiary alicyclic amines) is 1. The van der Waals surface area contributed by atoms with E-state index >= 15 is 0 Å². The molecule has 0 radical (unpaired) electrons. The van der Waals surface area contributed by atoms with Crippen molar-refractivity contribution in [3.63, 3.8) is 0 Å². The summed E-state index contributed by atoms with van der Waals surface area (Å²) in [5.41, 5.74) is -1.91. The third kappa shape index (κ3) is 10.4. The zero-order chi connectivity index (χ0) is 45.6. The van der Waals surface area contributed by atoms with Gasteiger partial charge in [-0.05, 0) is 72.2 Å². The lowest BCUT2D eigenvalue weighted by Crippen LogP contribution is -2.58. The van der Waals surface area contributed by atoms with Crippen LogP contribution in [0.4, 0.5) is 33.7 Å². The van der Waals surface area contributed by atoms with E-state index in [1.54, 1.807) is 52.0 Å². The van der Waals surface area contributed by atoms with Gasteiger partial charge < -0.3 is 30.3 Å². The van der Waals surface area contributed by atoms with Gasteiger partial charge in [-0.25, -0.2) is 17.6 Å². The molecule has 63 heavy (non-hydrogen) atoms. The molecule has 342 valence electrons. The monoisotopic (exact) mass is 905 g/mol.